The molecule has 3 aromatic carbocycles. The van der Waals surface area contributed by atoms with Gasteiger partial charge in [0, 0.05) is 21.2 Å². The molecule has 2 N–H and O–H groups in total. The van der Waals surface area contributed by atoms with E-state index in [1.54, 1.807) is 67.6 Å². The van der Waals surface area contributed by atoms with Gasteiger partial charge in [0.05, 0.1) is 23.4 Å². The lowest BCUT2D eigenvalue weighted by Crippen LogP contribution is -2.17. The number of halogens is 2. The smallest absolute Gasteiger partial charge is 0.340 e. The molecule has 0 radical (unpaired) electrons. The maximum atomic E-state index is 13.1. The first kappa shape index (κ1) is 24.1. The Bertz CT molecular complexity index is 1270. The number of amides is 1. The molecule has 33 heavy (non-hydrogen) atoms. The summed E-state index contributed by atoms with van der Waals surface area (Å²) in [6, 6.07) is 14.8. The van der Waals surface area contributed by atoms with E-state index in [2.05, 4.69) is 18.5 Å². The third kappa shape index (κ3) is 5.45. The molecule has 3 rings (SSSR count). The van der Waals surface area contributed by atoms with E-state index in [0.717, 1.165) is 0 Å². The zero-order valence-electron chi connectivity index (χ0n) is 17.8. The summed E-state index contributed by atoms with van der Waals surface area (Å²) in [4.78, 5) is 25.7. The predicted octanol–water partition coefficient (Wildman–Crippen LogP) is 7.26. The summed E-state index contributed by atoms with van der Waals surface area (Å²) in [5.41, 5.74) is 2.87. The molecular weight excluding hydrogens is 461 g/mol. The van der Waals surface area contributed by atoms with Crippen molar-refractivity contribution in [3.63, 3.8) is 0 Å². The monoisotopic (exact) mass is 481 g/mol. The highest BCUT2D eigenvalue weighted by atomic mass is 35.5. The predicted molar refractivity (Wildman–Crippen MR) is 134 cm³/mol. The molecule has 0 aliphatic rings. The van der Waals surface area contributed by atoms with Gasteiger partial charge in [-0.15, -0.1) is 0 Å². The number of esters is 1. The van der Waals surface area contributed by atoms with Crippen LogP contribution in [0.15, 0.2) is 67.8 Å². The van der Waals surface area contributed by atoms with E-state index in [0.29, 0.717) is 26.7 Å². The Balaban J connectivity index is 2.08. The molecule has 3 aromatic rings. The molecule has 0 bridgehead atoms. The first-order valence-corrected chi connectivity index (χ1v) is 10.7. The third-order valence-electron chi connectivity index (χ3n) is 4.84. The lowest BCUT2D eigenvalue weighted by atomic mass is 10.00. The number of benzene rings is 3. The number of carbonyl (C=O) groups is 2. The number of hydrogen-bond donors (Lipinski definition) is 2. The van der Waals surface area contributed by atoms with Crippen molar-refractivity contribution in [3.05, 3.63) is 100 Å². The molecule has 0 unspecified atom stereocenters. The zero-order chi connectivity index (χ0) is 24.1. The summed E-state index contributed by atoms with van der Waals surface area (Å²) in [5, 5.41) is 13.6. The molecule has 5 nitrogen and oxygen atoms in total. The number of carbonyl (C=O) groups excluding carboxylic acids is 2. The van der Waals surface area contributed by atoms with Crippen molar-refractivity contribution in [2.75, 3.05) is 11.9 Å². The molecule has 7 heteroatoms. The minimum atomic E-state index is -0.588. The Kier molecular flexibility index (Phi) is 7.59. The minimum absolute atomic E-state index is 0.172. The molecule has 0 spiro atoms. The normalized spacial score (nSPS) is 10.4. The fraction of sp³-hybridized carbons (Fsp3) is 0.0769. The van der Waals surface area contributed by atoms with Crippen LogP contribution in [0.3, 0.4) is 0 Å². The topological polar surface area (TPSA) is 75.6 Å². The molecule has 0 aliphatic carbocycles. The van der Waals surface area contributed by atoms with E-state index in [1.807, 2.05) is 0 Å². The molecule has 0 aromatic heterocycles. The fourth-order valence-corrected chi connectivity index (χ4v) is 3.76. The van der Waals surface area contributed by atoms with Gasteiger partial charge in [-0.1, -0.05) is 60.6 Å². The molecule has 0 atom stereocenters. The number of aliphatic hydroxyl groups is 1. The Labute approximate surface area is 201 Å². The fourth-order valence-electron chi connectivity index (χ4n) is 3.24. The van der Waals surface area contributed by atoms with Crippen molar-refractivity contribution in [1.82, 2.24) is 0 Å². The van der Waals surface area contributed by atoms with Gasteiger partial charge in [-0.3, -0.25) is 4.79 Å². The van der Waals surface area contributed by atoms with Crippen LogP contribution in [0.4, 0.5) is 5.69 Å². The summed E-state index contributed by atoms with van der Waals surface area (Å²) in [7, 11) is 0. The standard InChI is InChI=1S/C26H21Cl2NO4/c1-4-16-6-9-20(22(12-16)15(3)30)25(31)29-24-13-17(7-10-21(24)26(32)33-5-2)19-11-8-18(27)14-23(19)28/h4,6-14,30H,1,3,5H2,2H3,(H,29,31). The molecule has 0 heterocycles. The van der Waals surface area contributed by atoms with Crippen molar-refractivity contribution in [3.8, 4) is 11.1 Å². The Morgan fingerprint density at radius 1 is 1.03 bits per heavy atom. The average Bonchev–Trinajstić information content (AvgIpc) is 2.78. The van der Waals surface area contributed by atoms with Crippen LogP contribution in [-0.4, -0.2) is 23.6 Å². The highest BCUT2D eigenvalue weighted by molar-refractivity contribution is 6.36. The lowest BCUT2D eigenvalue weighted by molar-refractivity contribution is 0.0527. The van der Waals surface area contributed by atoms with Crippen LogP contribution in [0.1, 0.15) is 38.8 Å². The molecule has 0 aliphatic heterocycles. The first-order valence-electron chi connectivity index (χ1n) is 9.97. The summed E-state index contributed by atoms with van der Waals surface area (Å²) in [6.07, 6.45) is 1.59. The van der Waals surface area contributed by atoms with E-state index in [4.69, 9.17) is 27.9 Å². The summed E-state index contributed by atoms with van der Waals surface area (Å²) < 4.78 is 5.13. The van der Waals surface area contributed by atoms with Gasteiger partial charge >= 0.3 is 5.97 Å². The van der Waals surface area contributed by atoms with Crippen LogP contribution in [-0.2, 0) is 4.74 Å². The van der Waals surface area contributed by atoms with Gasteiger partial charge in [-0.2, -0.15) is 0 Å². The van der Waals surface area contributed by atoms with Crippen molar-refractivity contribution < 1.29 is 19.4 Å². The molecule has 1 amide bonds. The van der Waals surface area contributed by atoms with Crippen molar-refractivity contribution >= 4 is 52.6 Å². The lowest BCUT2D eigenvalue weighted by Gasteiger charge is -2.15. The summed E-state index contributed by atoms with van der Waals surface area (Å²) >= 11 is 12.3. The molecule has 0 saturated heterocycles. The summed E-state index contributed by atoms with van der Waals surface area (Å²) in [6.45, 7) is 9.09. The minimum Gasteiger partial charge on any atom is -0.508 e. The quantitative estimate of drug-likeness (QED) is 0.275. The van der Waals surface area contributed by atoms with Crippen molar-refractivity contribution in [2.45, 2.75) is 6.92 Å². The second-order valence-electron chi connectivity index (χ2n) is 7.01. The van der Waals surface area contributed by atoms with Gasteiger partial charge in [-0.25, -0.2) is 4.79 Å². The van der Waals surface area contributed by atoms with Crippen molar-refractivity contribution in [2.24, 2.45) is 0 Å². The zero-order valence-corrected chi connectivity index (χ0v) is 19.3. The van der Waals surface area contributed by atoms with E-state index in [9.17, 15) is 14.7 Å². The van der Waals surface area contributed by atoms with Crippen LogP contribution in [0.25, 0.3) is 23.0 Å². The number of aliphatic hydroxyl groups excluding tert-OH is 1. The van der Waals surface area contributed by atoms with Gasteiger partial charge in [0.2, 0.25) is 0 Å². The summed E-state index contributed by atoms with van der Waals surface area (Å²) in [5.74, 6) is -1.40. The number of hydrogen-bond acceptors (Lipinski definition) is 4. The second-order valence-corrected chi connectivity index (χ2v) is 7.86. The van der Waals surface area contributed by atoms with Gasteiger partial charge < -0.3 is 15.2 Å². The van der Waals surface area contributed by atoms with Crippen LogP contribution < -0.4 is 5.32 Å². The van der Waals surface area contributed by atoms with Gasteiger partial charge in [0.1, 0.15) is 5.76 Å². The second kappa shape index (κ2) is 10.4. The van der Waals surface area contributed by atoms with Crippen LogP contribution >= 0.6 is 23.2 Å². The molecular formula is C26H21Cl2NO4. The first-order chi connectivity index (χ1) is 15.7. The average molecular weight is 482 g/mol. The van der Waals surface area contributed by atoms with E-state index in [1.165, 1.54) is 0 Å². The highest BCUT2D eigenvalue weighted by Crippen LogP contribution is 2.33. The third-order valence-corrected chi connectivity index (χ3v) is 5.39. The largest absolute Gasteiger partial charge is 0.508 e. The highest BCUT2D eigenvalue weighted by Gasteiger charge is 2.20. The van der Waals surface area contributed by atoms with Crippen molar-refractivity contribution in [1.29, 1.82) is 0 Å². The van der Waals surface area contributed by atoms with E-state index in [-0.39, 0.29) is 34.7 Å². The molecule has 0 fully saturated rings. The van der Waals surface area contributed by atoms with Crippen LogP contribution in [0.5, 0.6) is 0 Å². The van der Waals surface area contributed by atoms with Crippen LogP contribution in [0, 0.1) is 0 Å². The van der Waals surface area contributed by atoms with Gasteiger partial charge in [-0.05, 0) is 54.4 Å². The molecule has 0 saturated carbocycles. The molecule has 168 valence electrons. The number of ether oxygens (including phenoxy) is 1. The number of rotatable bonds is 7. The van der Waals surface area contributed by atoms with Gasteiger partial charge in [0.15, 0.2) is 0 Å². The van der Waals surface area contributed by atoms with Gasteiger partial charge in [0.25, 0.3) is 5.91 Å². The Morgan fingerprint density at radius 3 is 2.39 bits per heavy atom. The van der Waals surface area contributed by atoms with E-state index < -0.39 is 11.9 Å². The Hall–Kier alpha value is -3.54. The Morgan fingerprint density at radius 2 is 1.76 bits per heavy atom. The number of nitrogens with one attached hydrogen (secondary N) is 1. The maximum absolute atomic E-state index is 13.1. The van der Waals surface area contributed by atoms with Crippen LogP contribution in [0.2, 0.25) is 10.0 Å². The van der Waals surface area contributed by atoms with E-state index >= 15 is 0 Å². The maximum Gasteiger partial charge on any atom is 0.340 e. The SMILES string of the molecule is C=Cc1ccc(C(=O)Nc2cc(-c3ccc(Cl)cc3Cl)ccc2C(=O)OCC)c(C(=C)O)c1. The number of anilines is 1.